The van der Waals surface area contributed by atoms with Crippen LogP contribution in [-0.4, -0.2) is 12.0 Å². The molecule has 0 atom stereocenters. The van der Waals surface area contributed by atoms with Crippen LogP contribution in [-0.2, 0) is 4.79 Å². The van der Waals surface area contributed by atoms with E-state index in [4.69, 9.17) is 0 Å². The quantitative estimate of drug-likeness (QED) is 0.841. The minimum atomic E-state index is -4.82. The first kappa shape index (κ1) is 15.6. The van der Waals surface area contributed by atoms with Crippen molar-refractivity contribution in [3.05, 3.63) is 53.7 Å². The van der Waals surface area contributed by atoms with Crippen molar-refractivity contribution in [2.45, 2.75) is 31.9 Å². The molecule has 0 unspecified atom stereocenters. The van der Waals surface area contributed by atoms with Crippen LogP contribution in [0.1, 0.15) is 25.7 Å². The first-order valence-electron chi connectivity index (χ1n) is 7.55. The molecule has 0 saturated carbocycles. The molecule has 1 aliphatic carbocycles. The summed E-state index contributed by atoms with van der Waals surface area (Å²) in [5.41, 5.74) is 0.999. The average molecular weight is 319 g/mol. The first-order valence-corrected chi connectivity index (χ1v) is 7.55. The van der Waals surface area contributed by atoms with Crippen LogP contribution in [0.4, 0.5) is 18.9 Å². The molecular formula is C18H16F3NO. The summed E-state index contributed by atoms with van der Waals surface area (Å²) in [6, 6.07) is 13.2. The Morgan fingerprint density at radius 3 is 2.43 bits per heavy atom. The molecule has 0 heterocycles. The molecule has 2 aromatic carbocycles. The largest absolute Gasteiger partial charge is 0.454 e. The SMILES string of the molecule is O=C(C1=C(Nc2cccc3ccccc23)CCCC1)C(F)(F)F. The number of allylic oxidation sites excluding steroid dienone is 2. The third-order valence-corrected chi connectivity index (χ3v) is 4.07. The van der Waals surface area contributed by atoms with Gasteiger partial charge in [0, 0.05) is 22.3 Å². The highest BCUT2D eigenvalue weighted by Crippen LogP contribution is 2.33. The molecule has 5 heteroatoms. The molecule has 1 N–H and O–H groups in total. The Labute approximate surface area is 132 Å². The minimum absolute atomic E-state index is 0.128. The van der Waals surface area contributed by atoms with E-state index >= 15 is 0 Å². The molecule has 0 aliphatic heterocycles. The summed E-state index contributed by atoms with van der Waals surface area (Å²) >= 11 is 0. The maximum atomic E-state index is 12.8. The zero-order valence-corrected chi connectivity index (χ0v) is 12.4. The lowest BCUT2D eigenvalue weighted by Crippen LogP contribution is -2.28. The second-order valence-corrected chi connectivity index (χ2v) is 5.64. The number of hydrogen-bond donors (Lipinski definition) is 1. The van der Waals surface area contributed by atoms with Gasteiger partial charge in [-0.05, 0) is 37.1 Å². The fraction of sp³-hybridized carbons (Fsp3) is 0.278. The van der Waals surface area contributed by atoms with Crippen LogP contribution in [0, 0.1) is 0 Å². The van der Waals surface area contributed by atoms with Gasteiger partial charge in [-0.15, -0.1) is 0 Å². The van der Waals surface area contributed by atoms with Crippen molar-refractivity contribution < 1.29 is 18.0 Å². The fourth-order valence-electron chi connectivity index (χ4n) is 2.96. The van der Waals surface area contributed by atoms with Crippen LogP contribution < -0.4 is 5.32 Å². The van der Waals surface area contributed by atoms with E-state index in [0.717, 1.165) is 22.9 Å². The Morgan fingerprint density at radius 1 is 0.957 bits per heavy atom. The van der Waals surface area contributed by atoms with Crippen LogP contribution in [0.15, 0.2) is 53.7 Å². The predicted molar refractivity (Wildman–Crippen MR) is 84.1 cm³/mol. The van der Waals surface area contributed by atoms with E-state index in [-0.39, 0.29) is 12.0 Å². The van der Waals surface area contributed by atoms with Gasteiger partial charge >= 0.3 is 6.18 Å². The van der Waals surface area contributed by atoms with E-state index < -0.39 is 12.0 Å². The Hall–Kier alpha value is -2.30. The maximum Gasteiger partial charge on any atom is 0.454 e. The maximum absolute atomic E-state index is 12.8. The highest BCUT2D eigenvalue weighted by atomic mass is 19.4. The number of Topliss-reactive ketones (excluding diaryl/α,β-unsaturated/α-hetero) is 1. The Morgan fingerprint density at radius 2 is 1.65 bits per heavy atom. The Balaban J connectivity index is 2.01. The second-order valence-electron chi connectivity index (χ2n) is 5.64. The second kappa shape index (κ2) is 6.07. The van der Waals surface area contributed by atoms with Gasteiger partial charge in [0.05, 0.1) is 0 Å². The minimum Gasteiger partial charge on any atom is -0.358 e. The molecular weight excluding hydrogens is 303 g/mol. The normalized spacial score (nSPS) is 15.8. The molecule has 0 saturated heterocycles. The van der Waals surface area contributed by atoms with E-state index in [2.05, 4.69) is 5.32 Å². The van der Waals surface area contributed by atoms with Crippen LogP contribution in [0.25, 0.3) is 10.8 Å². The van der Waals surface area contributed by atoms with E-state index in [1.165, 1.54) is 0 Å². The number of anilines is 1. The number of carbonyl (C=O) groups excluding carboxylic acids is 1. The summed E-state index contributed by atoms with van der Waals surface area (Å²) in [6.07, 6.45) is -2.80. The predicted octanol–water partition coefficient (Wildman–Crippen LogP) is 5.21. The van der Waals surface area contributed by atoms with Crippen LogP contribution in [0.3, 0.4) is 0 Å². The first-order chi connectivity index (χ1) is 11.0. The van der Waals surface area contributed by atoms with E-state index in [9.17, 15) is 18.0 Å². The summed E-state index contributed by atoms with van der Waals surface area (Å²) in [7, 11) is 0. The molecule has 0 radical (unpaired) electrons. The van der Waals surface area contributed by atoms with Crippen molar-refractivity contribution in [1.82, 2.24) is 0 Å². The molecule has 1 aliphatic rings. The van der Waals surface area contributed by atoms with Crippen molar-refractivity contribution >= 4 is 22.2 Å². The van der Waals surface area contributed by atoms with E-state index in [1.807, 2.05) is 42.5 Å². The topological polar surface area (TPSA) is 29.1 Å². The lowest BCUT2D eigenvalue weighted by Gasteiger charge is -2.22. The van der Waals surface area contributed by atoms with Crippen molar-refractivity contribution in [1.29, 1.82) is 0 Å². The van der Waals surface area contributed by atoms with Gasteiger partial charge < -0.3 is 5.32 Å². The molecule has 23 heavy (non-hydrogen) atoms. The number of fused-ring (bicyclic) bond motifs is 1. The molecule has 2 aromatic rings. The molecule has 3 rings (SSSR count). The molecule has 0 aromatic heterocycles. The number of halogens is 3. The fourth-order valence-corrected chi connectivity index (χ4v) is 2.96. The number of rotatable bonds is 3. The van der Waals surface area contributed by atoms with Crippen molar-refractivity contribution in [3.63, 3.8) is 0 Å². The summed E-state index contributed by atoms with van der Waals surface area (Å²) in [5.74, 6) is -1.72. The third-order valence-electron chi connectivity index (χ3n) is 4.07. The average Bonchev–Trinajstić information content (AvgIpc) is 2.54. The standard InChI is InChI=1S/C18H16F3NO/c19-18(20,21)17(23)14-9-3-4-10-16(14)22-15-11-5-7-12-6-1-2-8-13(12)15/h1-2,5-8,11,22H,3-4,9-10H2. The monoisotopic (exact) mass is 319 g/mol. The highest BCUT2D eigenvalue weighted by molar-refractivity contribution is 6.01. The zero-order chi connectivity index (χ0) is 16.4. The number of nitrogens with one attached hydrogen (secondary N) is 1. The zero-order valence-electron chi connectivity index (χ0n) is 12.4. The van der Waals surface area contributed by atoms with Gasteiger partial charge in [0.15, 0.2) is 0 Å². The Kier molecular flexibility index (Phi) is 4.11. The molecule has 0 spiro atoms. The number of carbonyl (C=O) groups is 1. The van der Waals surface area contributed by atoms with Gasteiger partial charge in [0.2, 0.25) is 0 Å². The number of alkyl halides is 3. The number of ketones is 1. The molecule has 0 fully saturated rings. The lowest BCUT2D eigenvalue weighted by molar-refractivity contribution is -0.166. The number of hydrogen-bond acceptors (Lipinski definition) is 2. The van der Waals surface area contributed by atoms with Gasteiger partial charge in [0.1, 0.15) is 0 Å². The Bertz CT molecular complexity index is 772. The van der Waals surface area contributed by atoms with Gasteiger partial charge in [-0.25, -0.2) is 0 Å². The van der Waals surface area contributed by atoms with Crippen molar-refractivity contribution in [2.24, 2.45) is 0 Å². The molecule has 2 nitrogen and oxygen atoms in total. The molecule has 120 valence electrons. The third kappa shape index (κ3) is 3.23. The van der Waals surface area contributed by atoms with Gasteiger partial charge in [0.25, 0.3) is 5.78 Å². The summed E-state index contributed by atoms with van der Waals surface area (Å²) < 4.78 is 38.4. The van der Waals surface area contributed by atoms with Gasteiger partial charge in [-0.2, -0.15) is 13.2 Å². The lowest BCUT2D eigenvalue weighted by atomic mass is 9.92. The highest BCUT2D eigenvalue weighted by Gasteiger charge is 2.42. The summed E-state index contributed by atoms with van der Waals surface area (Å²) in [5, 5.41) is 5.01. The van der Waals surface area contributed by atoms with Crippen LogP contribution >= 0.6 is 0 Å². The van der Waals surface area contributed by atoms with Crippen molar-refractivity contribution in [3.8, 4) is 0 Å². The molecule has 0 amide bonds. The molecule has 0 bridgehead atoms. The van der Waals surface area contributed by atoms with Crippen molar-refractivity contribution in [2.75, 3.05) is 5.32 Å². The van der Waals surface area contributed by atoms with Gasteiger partial charge in [-0.1, -0.05) is 36.4 Å². The number of benzene rings is 2. The van der Waals surface area contributed by atoms with Crippen LogP contribution in [0.2, 0.25) is 0 Å². The van der Waals surface area contributed by atoms with Crippen LogP contribution in [0.5, 0.6) is 0 Å². The summed E-state index contributed by atoms with van der Waals surface area (Å²) in [6.45, 7) is 0. The summed E-state index contributed by atoms with van der Waals surface area (Å²) in [4.78, 5) is 11.7. The smallest absolute Gasteiger partial charge is 0.358 e. The van der Waals surface area contributed by atoms with Gasteiger partial charge in [-0.3, -0.25) is 4.79 Å². The van der Waals surface area contributed by atoms with E-state index in [0.29, 0.717) is 18.5 Å². The van der Waals surface area contributed by atoms with E-state index in [1.54, 1.807) is 0 Å².